The standard InChI is InChI=1S/C28H28ClN3O/c1-19-8-9-20(2)23(16-19)27(21-6-4-3-5-7-21)31-12-14-32(15-13-31)28(33)24-17-22-10-11-30-26(22)18-25(24)29/h3-11,16-18,27,30H,12-15H2,1-2H3. The zero-order valence-electron chi connectivity index (χ0n) is 19.0. The summed E-state index contributed by atoms with van der Waals surface area (Å²) in [5.74, 6) is 0.00532. The fourth-order valence-electron chi connectivity index (χ4n) is 4.87. The van der Waals surface area contributed by atoms with Gasteiger partial charge in [0.15, 0.2) is 0 Å². The van der Waals surface area contributed by atoms with Gasteiger partial charge in [0.1, 0.15) is 0 Å². The normalized spacial score (nSPS) is 15.7. The monoisotopic (exact) mass is 457 g/mol. The van der Waals surface area contributed by atoms with Gasteiger partial charge in [-0.3, -0.25) is 9.69 Å². The lowest BCUT2D eigenvalue weighted by atomic mass is 9.92. The molecule has 168 valence electrons. The van der Waals surface area contributed by atoms with Crippen molar-refractivity contribution < 1.29 is 4.79 Å². The SMILES string of the molecule is Cc1ccc(C)c(C(c2ccccc2)N2CCN(C(=O)c3cc4cc[nH]c4cc3Cl)CC2)c1. The third kappa shape index (κ3) is 4.29. The average molecular weight is 458 g/mol. The molecule has 4 aromatic rings. The van der Waals surface area contributed by atoms with E-state index >= 15 is 0 Å². The molecule has 4 nitrogen and oxygen atoms in total. The van der Waals surface area contributed by atoms with Crippen molar-refractivity contribution in [1.29, 1.82) is 0 Å². The van der Waals surface area contributed by atoms with Crippen molar-refractivity contribution in [1.82, 2.24) is 14.8 Å². The number of hydrogen-bond donors (Lipinski definition) is 1. The van der Waals surface area contributed by atoms with E-state index in [1.54, 1.807) is 0 Å². The predicted octanol–water partition coefficient (Wildman–Crippen LogP) is 5.99. The van der Waals surface area contributed by atoms with Crippen molar-refractivity contribution in [3.8, 4) is 0 Å². The molecule has 0 bridgehead atoms. The number of aromatic nitrogens is 1. The van der Waals surface area contributed by atoms with E-state index < -0.39 is 0 Å². The molecule has 5 heteroatoms. The molecule has 0 aliphatic carbocycles. The van der Waals surface area contributed by atoms with Crippen molar-refractivity contribution >= 4 is 28.4 Å². The van der Waals surface area contributed by atoms with Crippen LogP contribution >= 0.6 is 11.6 Å². The van der Waals surface area contributed by atoms with E-state index in [1.807, 2.05) is 29.3 Å². The number of benzene rings is 3. The second kappa shape index (κ2) is 9.05. The minimum absolute atomic E-state index is 0.00532. The van der Waals surface area contributed by atoms with Gasteiger partial charge >= 0.3 is 0 Å². The van der Waals surface area contributed by atoms with Gasteiger partial charge in [-0.25, -0.2) is 0 Å². The molecule has 1 fully saturated rings. The number of carbonyl (C=O) groups excluding carboxylic acids is 1. The number of rotatable bonds is 4. The van der Waals surface area contributed by atoms with Gasteiger partial charge in [-0.05, 0) is 48.7 Å². The van der Waals surface area contributed by atoms with E-state index in [4.69, 9.17) is 11.6 Å². The Kier molecular flexibility index (Phi) is 5.96. The third-order valence-electron chi connectivity index (χ3n) is 6.68. The molecule has 0 spiro atoms. The Morgan fingerprint density at radius 3 is 2.45 bits per heavy atom. The molecule has 1 aliphatic rings. The van der Waals surface area contributed by atoms with Crippen molar-refractivity contribution in [3.05, 3.63) is 106 Å². The Bertz CT molecular complexity index is 1290. The number of nitrogens with zero attached hydrogens (tertiary/aromatic N) is 2. The maximum atomic E-state index is 13.3. The van der Waals surface area contributed by atoms with Gasteiger partial charge in [-0.15, -0.1) is 0 Å². The van der Waals surface area contributed by atoms with E-state index in [9.17, 15) is 4.79 Å². The number of amides is 1. The highest BCUT2D eigenvalue weighted by Crippen LogP contribution is 2.33. The molecule has 1 aliphatic heterocycles. The van der Waals surface area contributed by atoms with Crippen LogP contribution in [0.3, 0.4) is 0 Å². The molecule has 1 saturated heterocycles. The number of halogens is 1. The fourth-order valence-corrected chi connectivity index (χ4v) is 5.11. The maximum Gasteiger partial charge on any atom is 0.255 e. The number of H-pyrrole nitrogens is 1. The van der Waals surface area contributed by atoms with Crippen molar-refractivity contribution in [3.63, 3.8) is 0 Å². The summed E-state index contributed by atoms with van der Waals surface area (Å²) in [4.78, 5) is 20.9. The topological polar surface area (TPSA) is 39.3 Å². The number of aryl methyl sites for hydroxylation is 2. The molecule has 1 N–H and O–H groups in total. The second-order valence-electron chi connectivity index (χ2n) is 8.90. The highest BCUT2D eigenvalue weighted by molar-refractivity contribution is 6.34. The zero-order valence-corrected chi connectivity index (χ0v) is 19.8. The summed E-state index contributed by atoms with van der Waals surface area (Å²) in [6, 6.07) is 23.2. The Hall–Kier alpha value is -3.08. The van der Waals surface area contributed by atoms with Crippen molar-refractivity contribution in [2.45, 2.75) is 19.9 Å². The quantitative estimate of drug-likeness (QED) is 0.409. The van der Waals surface area contributed by atoms with Crippen LogP contribution in [0.4, 0.5) is 0 Å². The minimum atomic E-state index is 0.00532. The lowest BCUT2D eigenvalue weighted by Gasteiger charge is -2.40. The summed E-state index contributed by atoms with van der Waals surface area (Å²) in [6.45, 7) is 7.30. The molecule has 1 aromatic heterocycles. The van der Waals surface area contributed by atoms with E-state index in [0.29, 0.717) is 23.7 Å². The number of hydrogen-bond acceptors (Lipinski definition) is 2. The summed E-state index contributed by atoms with van der Waals surface area (Å²) in [6.07, 6.45) is 1.87. The molecule has 3 aromatic carbocycles. The van der Waals surface area contributed by atoms with E-state index in [0.717, 1.165) is 24.0 Å². The maximum absolute atomic E-state index is 13.3. The fraction of sp³-hybridized carbons (Fsp3) is 0.250. The van der Waals surface area contributed by atoms with Crippen LogP contribution < -0.4 is 0 Å². The van der Waals surface area contributed by atoms with Gasteiger partial charge in [0.2, 0.25) is 0 Å². The van der Waals surface area contributed by atoms with Gasteiger partial charge < -0.3 is 9.88 Å². The molecule has 0 saturated carbocycles. The molecule has 1 unspecified atom stereocenters. The molecule has 33 heavy (non-hydrogen) atoms. The van der Waals surface area contributed by atoms with E-state index in [2.05, 4.69) is 72.3 Å². The lowest BCUT2D eigenvalue weighted by Crippen LogP contribution is -2.50. The Morgan fingerprint density at radius 2 is 1.70 bits per heavy atom. The molecular formula is C28H28ClN3O. The van der Waals surface area contributed by atoms with E-state index in [-0.39, 0.29) is 11.9 Å². The zero-order chi connectivity index (χ0) is 22.9. The Balaban J connectivity index is 1.39. The number of carbonyl (C=O) groups is 1. The van der Waals surface area contributed by atoms with Gasteiger partial charge in [-0.2, -0.15) is 0 Å². The van der Waals surface area contributed by atoms with Crippen LogP contribution in [0.5, 0.6) is 0 Å². The first kappa shape index (κ1) is 21.7. The first-order valence-corrected chi connectivity index (χ1v) is 11.8. The number of aromatic amines is 1. The lowest BCUT2D eigenvalue weighted by molar-refractivity contribution is 0.0597. The highest BCUT2D eigenvalue weighted by atomic mass is 35.5. The molecule has 2 heterocycles. The molecule has 0 radical (unpaired) electrons. The van der Waals surface area contributed by atoms with Gasteiger partial charge in [0.25, 0.3) is 5.91 Å². The van der Waals surface area contributed by atoms with Crippen LogP contribution in [0.1, 0.15) is 38.7 Å². The van der Waals surface area contributed by atoms with Crippen LogP contribution in [-0.2, 0) is 0 Å². The van der Waals surface area contributed by atoms with Crippen LogP contribution in [0.2, 0.25) is 5.02 Å². The predicted molar refractivity (Wildman–Crippen MR) is 135 cm³/mol. The van der Waals surface area contributed by atoms with Gasteiger partial charge in [0, 0.05) is 43.3 Å². The van der Waals surface area contributed by atoms with E-state index in [1.165, 1.54) is 22.3 Å². The first-order valence-electron chi connectivity index (χ1n) is 11.4. The van der Waals surface area contributed by atoms with Crippen LogP contribution in [0.25, 0.3) is 10.9 Å². The van der Waals surface area contributed by atoms with Crippen LogP contribution in [0.15, 0.2) is 72.9 Å². The molecular weight excluding hydrogens is 430 g/mol. The van der Waals surface area contributed by atoms with Crippen molar-refractivity contribution in [2.24, 2.45) is 0 Å². The number of piperazine rings is 1. The summed E-state index contributed by atoms with van der Waals surface area (Å²) < 4.78 is 0. The summed E-state index contributed by atoms with van der Waals surface area (Å²) >= 11 is 6.47. The summed E-state index contributed by atoms with van der Waals surface area (Å²) in [5, 5.41) is 1.50. The smallest absolute Gasteiger partial charge is 0.255 e. The molecule has 1 atom stereocenters. The van der Waals surface area contributed by atoms with Gasteiger partial charge in [-0.1, -0.05) is 65.7 Å². The highest BCUT2D eigenvalue weighted by Gasteiger charge is 2.30. The second-order valence-corrected chi connectivity index (χ2v) is 9.31. The largest absolute Gasteiger partial charge is 0.361 e. The Morgan fingerprint density at radius 1 is 0.939 bits per heavy atom. The number of nitrogens with one attached hydrogen (secondary N) is 1. The third-order valence-corrected chi connectivity index (χ3v) is 7.00. The van der Waals surface area contributed by atoms with Crippen molar-refractivity contribution in [2.75, 3.05) is 26.2 Å². The minimum Gasteiger partial charge on any atom is -0.361 e. The van der Waals surface area contributed by atoms with Crippen LogP contribution in [0, 0.1) is 13.8 Å². The summed E-state index contributed by atoms with van der Waals surface area (Å²) in [5.41, 5.74) is 6.69. The van der Waals surface area contributed by atoms with Crippen LogP contribution in [-0.4, -0.2) is 46.9 Å². The first-order chi connectivity index (χ1) is 16.0. The van der Waals surface area contributed by atoms with Gasteiger partial charge in [0.05, 0.1) is 16.6 Å². The molecule has 5 rings (SSSR count). The Labute approximate surface area is 199 Å². The average Bonchev–Trinajstić information content (AvgIpc) is 3.29. The summed E-state index contributed by atoms with van der Waals surface area (Å²) in [7, 11) is 0. The molecule has 1 amide bonds. The number of fused-ring (bicyclic) bond motifs is 1.